The Morgan fingerprint density at radius 3 is 2.14 bits per heavy atom. The quantitative estimate of drug-likeness (QED) is 0.223. The van der Waals surface area contributed by atoms with E-state index in [-0.39, 0.29) is 22.6 Å². The molecule has 0 spiro atoms. The Labute approximate surface area is 164 Å². The first kappa shape index (κ1) is 18.2. The van der Waals surface area contributed by atoms with Gasteiger partial charge in [-0.05, 0) is 41.5 Å². The maximum Gasteiger partial charge on any atom is 0.338 e. The molecule has 7 nitrogen and oxygen atoms in total. The minimum absolute atomic E-state index is 0.0936. The van der Waals surface area contributed by atoms with Gasteiger partial charge in [-0.25, -0.2) is 4.79 Å². The monoisotopic (exact) mass is 387 g/mol. The topological polar surface area (TPSA) is 104 Å². The standard InChI is InChI=1S/C22H13NO6/c24-20(13-5-8-15(9-6-13)23(27)28)12-29-22(26)14-7-10-18-19(11-14)16-3-1-2-4-17(16)21(18)25/h1-11H,12H2. The Morgan fingerprint density at radius 1 is 0.828 bits per heavy atom. The van der Waals surface area contributed by atoms with E-state index in [1.54, 1.807) is 24.3 Å². The van der Waals surface area contributed by atoms with Crippen LogP contribution in [-0.2, 0) is 4.74 Å². The fraction of sp³-hybridized carbons (Fsp3) is 0.0455. The van der Waals surface area contributed by atoms with E-state index in [4.69, 9.17) is 4.74 Å². The molecule has 1 aliphatic rings. The molecule has 142 valence electrons. The lowest BCUT2D eigenvalue weighted by Crippen LogP contribution is -2.14. The molecule has 3 aromatic carbocycles. The van der Waals surface area contributed by atoms with Crippen molar-refractivity contribution in [2.45, 2.75) is 0 Å². The molecule has 0 saturated carbocycles. The molecule has 0 amide bonds. The van der Waals surface area contributed by atoms with E-state index >= 15 is 0 Å². The van der Waals surface area contributed by atoms with Gasteiger partial charge in [0.2, 0.25) is 0 Å². The van der Waals surface area contributed by atoms with Gasteiger partial charge in [-0.15, -0.1) is 0 Å². The Bertz CT molecular complexity index is 1180. The molecule has 0 bridgehead atoms. The number of hydrogen-bond donors (Lipinski definition) is 0. The maximum absolute atomic E-state index is 12.4. The van der Waals surface area contributed by atoms with Crippen LogP contribution in [0.4, 0.5) is 5.69 Å². The van der Waals surface area contributed by atoms with Crippen molar-refractivity contribution >= 4 is 23.2 Å². The second kappa shape index (κ2) is 7.12. The van der Waals surface area contributed by atoms with Crippen LogP contribution in [0.2, 0.25) is 0 Å². The third-order valence-electron chi connectivity index (χ3n) is 4.70. The molecule has 0 atom stereocenters. The molecule has 0 heterocycles. The van der Waals surface area contributed by atoms with Crippen LogP contribution >= 0.6 is 0 Å². The predicted molar refractivity (Wildman–Crippen MR) is 103 cm³/mol. The van der Waals surface area contributed by atoms with E-state index in [2.05, 4.69) is 0 Å². The van der Waals surface area contributed by atoms with Crippen LogP contribution in [-0.4, -0.2) is 29.1 Å². The molecule has 0 N–H and O–H groups in total. The SMILES string of the molecule is O=C(COC(=O)c1ccc2c(c1)-c1ccccc1C2=O)c1ccc([N+](=O)[O-])cc1. The molecule has 29 heavy (non-hydrogen) atoms. The maximum atomic E-state index is 12.4. The number of rotatable bonds is 5. The highest BCUT2D eigenvalue weighted by atomic mass is 16.6. The summed E-state index contributed by atoms with van der Waals surface area (Å²) in [4.78, 5) is 47.0. The number of non-ortho nitro benzene ring substituents is 1. The highest BCUT2D eigenvalue weighted by molar-refractivity contribution is 6.22. The van der Waals surface area contributed by atoms with E-state index in [0.29, 0.717) is 16.7 Å². The summed E-state index contributed by atoms with van der Waals surface area (Å²) in [6.07, 6.45) is 0. The normalized spacial score (nSPS) is 11.5. The predicted octanol–water partition coefficient (Wildman–Crippen LogP) is 3.85. The fourth-order valence-electron chi connectivity index (χ4n) is 3.22. The van der Waals surface area contributed by atoms with Gasteiger partial charge < -0.3 is 4.74 Å². The summed E-state index contributed by atoms with van der Waals surface area (Å²) in [6.45, 7) is -0.497. The number of ether oxygens (including phenoxy) is 1. The van der Waals surface area contributed by atoms with Crippen molar-refractivity contribution in [2.24, 2.45) is 0 Å². The molecule has 3 aromatic rings. The van der Waals surface area contributed by atoms with Gasteiger partial charge >= 0.3 is 5.97 Å². The number of nitro benzene ring substituents is 1. The summed E-state index contributed by atoms with van der Waals surface area (Å²) < 4.78 is 5.09. The van der Waals surface area contributed by atoms with Gasteiger partial charge in [0.15, 0.2) is 18.2 Å². The van der Waals surface area contributed by atoms with Crippen LogP contribution in [0.5, 0.6) is 0 Å². The lowest BCUT2D eigenvalue weighted by atomic mass is 10.0. The third kappa shape index (κ3) is 3.29. The second-order valence-corrected chi connectivity index (χ2v) is 6.44. The number of nitrogens with zero attached hydrogens (tertiary/aromatic N) is 1. The van der Waals surface area contributed by atoms with Crippen molar-refractivity contribution < 1.29 is 24.0 Å². The molecule has 0 aliphatic heterocycles. The number of ketones is 2. The summed E-state index contributed by atoms with van der Waals surface area (Å²) >= 11 is 0. The number of Topliss-reactive ketones (excluding diaryl/α,β-unsaturated/α-hetero) is 1. The summed E-state index contributed by atoms with van der Waals surface area (Å²) in [7, 11) is 0. The first-order chi connectivity index (χ1) is 14.0. The van der Waals surface area contributed by atoms with Gasteiger partial charge in [0.25, 0.3) is 5.69 Å². The summed E-state index contributed by atoms with van der Waals surface area (Å²) in [6, 6.07) is 16.8. The van der Waals surface area contributed by atoms with Crippen LogP contribution in [0.3, 0.4) is 0 Å². The van der Waals surface area contributed by atoms with Gasteiger partial charge in [0.1, 0.15) is 0 Å². The molecule has 0 radical (unpaired) electrons. The molecule has 0 saturated heterocycles. The highest BCUT2D eigenvalue weighted by Gasteiger charge is 2.27. The van der Waals surface area contributed by atoms with Crippen molar-refractivity contribution in [3.8, 4) is 11.1 Å². The molecule has 0 fully saturated rings. The van der Waals surface area contributed by atoms with Crippen molar-refractivity contribution in [3.05, 3.63) is 99.1 Å². The molecule has 0 aromatic heterocycles. The molecule has 0 unspecified atom stereocenters. The van der Waals surface area contributed by atoms with Gasteiger partial charge in [0.05, 0.1) is 10.5 Å². The average Bonchev–Trinajstić information content (AvgIpc) is 3.04. The largest absolute Gasteiger partial charge is 0.454 e. The third-order valence-corrected chi connectivity index (χ3v) is 4.70. The number of carbonyl (C=O) groups excluding carboxylic acids is 3. The Morgan fingerprint density at radius 2 is 1.45 bits per heavy atom. The number of carbonyl (C=O) groups is 3. The summed E-state index contributed by atoms with van der Waals surface area (Å²) in [5, 5.41) is 10.7. The Kier molecular flexibility index (Phi) is 4.48. The lowest BCUT2D eigenvalue weighted by molar-refractivity contribution is -0.384. The summed E-state index contributed by atoms with van der Waals surface area (Å²) in [5.74, 6) is -1.27. The number of esters is 1. The van der Waals surface area contributed by atoms with Crippen molar-refractivity contribution in [1.82, 2.24) is 0 Å². The van der Waals surface area contributed by atoms with Crippen LogP contribution in [0.15, 0.2) is 66.7 Å². The minimum atomic E-state index is -0.695. The summed E-state index contributed by atoms with van der Waals surface area (Å²) in [5.41, 5.74) is 2.81. The van der Waals surface area contributed by atoms with E-state index < -0.39 is 23.3 Å². The van der Waals surface area contributed by atoms with Gasteiger partial charge in [0, 0.05) is 28.8 Å². The van der Waals surface area contributed by atoms with Gasteiger partial charge in [-0.3, -0.25) is 19.7 Å². The minimum Gasteiger partial charge on any atom is -0.454 e. The zero-order chi connectivity index (χ0) is 20.5. The molecular formula is C22H13NO6. The van der Waals surface area contributed by atoms with Crippen molar-refractivity contribution in [1.29, 1.82) is 0 Å². The lowest BCUT2D eigenvalue weighted by Gasteiger charge is -2.06. The van der Waals surface area contributed by atoms with Gasteiger partial charge in [-0.2, -0.15) is 0 Å². The van der Waals surface area contributed by atoms with E-state index in [1.165, 1.54) is 30.3 Å². The van der Waals surface area contributed by atoms with E-state index in [1.807, 2.05) is 12.1 Å². The van der Waals surface area contributed by atoms with Crippen LogP contribution in [0, 0.1) is 10.1 Å². The zero-order valence-electron chi connectivity index (χ0n) is 15.0. The second-order valence-electron chi connectivity index (χ2n) is 6.44. The number of nitro groups is 1. The van der Waals surface area contributed by atoms with Crippen LogP contribution in [0.1, 0.15) is 36.6 Å². The van der Waals surface area contributed by atoms with Crippen molar-refractivity contribution in [3.63, 3.8) is 0 Å². The fourth-order valence-corrected chi connectivity index (χ4v) is 3.22. The first-order valence-electron chi connectivity index (χ1n) is 8.68. The number of fused-ring (bicyclic) bond motifs is 3. The zero-order valence-corrected chi connectivity index (χ0v) is 15.0. The van der Waals surface area contributed by atoms with Gasteiger partial charge in [-0.1, -0.05) is 24.3 Å². The highest BCUT2D eigenvalue weighted by Crippen LogP contribution is 2.36. The molecule has 1 aliphatic carbocycles. The van der Waals surface area contributed by atoms with Crippen LogP contribution < -0.4 is 0 Å². The van der Waals surface area contributed by atoms with Crippen molar-refractivity contribution in [2.75, 3.05) is 6.61 Å². The van der Waals surface area contributed by atoms with E-state index in [9.17, 15) is 24.5 Å². The first-order valence-corrected chi connectivity index (χ1v) is 8.68. The Hall–Kier alpha value is -4.13. The number of benzene rings is 3. The van der Waals surface area contributed by atoms with Crippen LogP contribution in [0.25, 0.3) is 11.1 Å². The molecule has 4 rings (SSSR count). The van der Waals surface area contributed by atoms with E-state index in [0.717, 1.165) is 5.56 Å². The average molecular weight is 387 g/mol. The molecule has 7 heteroatoms. The Balaban J connectivity index is 1.48. The smallest absolute Gasteiger partial charge is 0.338 e. The number of hydrogen-bond acceptors (Lipinski definition) is 6. The molecular weight excluding hydrogens is 374 g/mol.